The van der Waals surface area contributed by atoms with Gasteiger partial charge in [0.15, 0.2) is 5.95 Å². The fourth-order valence-electron chi connectivity index (χ4n) is 5.25. The molecule has 210 valence electrons. The second-order valence-corrected chi connectivity index (χ2v) is 11.1. The van der Waals surface area contributed by atoms with Crippen molar-refractivity contribution in [2.75, 3.05) is 30.7 Å². The fourth-order valence-corrected chi connectivity index (χ4v) is 5.25. The lowest BCUT2D eigenvalue weighted by Gasteiger charge is -2.34. The predicted octanol–water partition coefficient (Wildman–Crippen LogP) is 4.79. The number of aromatic amines is 1. The Bertz CT molecular complexity index is 1510. The molecule has 6 N–H and O–H groups in total. The topological polar surface area (TPSA) is 127 Å². The molecule has 0 bridgehead atoms. The van der Waals surface area contributed by atoms with Gasteiger partial charge in [-0.2, -0.15) is 0 Å². The summed E-state index contributed by atoms with van der Waals surface area (Å²) in [6.07, 6.45) is 7.36. The first-order valence-electron chi connectivity index (χ1n) is 14.2. The lowest BCUT2D eigenvalue weighted by Crippen LogP contribution is -2.46. The minimum atomic E-state index is 0.242. The average Bonchev–Trinajstić information content (AvgIpc) is 3.58. The molecule has 1 unspecified atom stereocenters. The van der Waals surface area contributed by atoms with Crippen molar-refractivity contribution in [3.05, 3.63) is 78.2 Å². The van der Waals surface area contributed by atoms with Crippen LogP contribution in [0.2, 0.25) is 0 Å². The Balaban J connectivity index is 0.000000477. The second kappa shape index (κ2) is 12.5. The quantitative estimate of drug-likeness (QED) is 0.234. The molecule has 0 aliphatic carbocycles. The van der Waals surface area contributed by atoms with E-state index in [2.05, 4.69) is 93.0 Å². The molecule has 1 aliphatic heterocycles. The minimum Gasteiger partial charge on any atom is -0.369 e. The van der Waals surface area contributed by atoms with Gasteiger partial charge in [-0.05, 0) is 48.9 Å². The second-order valence-electron chi connectivity index (χ2n) is 11.1. The first-order chi connectivity index (χ1) is 19.4. The predicted molar refractivity (Wildman–Crippen MR) is 164 cm³/mol. The van der Waals surface area contributed by atoms with Gasteiger partial charge < -0.3 is 31.2 Å². The number of rotatable bonds is 7. The SMILES string of the molecule is Cc1cccc2c1nc(NC1CCN(CC(N)C(C)C)CC1)n2Cc1cccc2cccnc12.Nc1ncc[nH]1. The summed E-state index contributed by atoms with van der Waals surface area (Å²) in [4.78, 5) is 18.6. The maximum Gasteiger partial charge on any atom is 0.204 e. The van der Waals surface area contributed by atoms with Gasteiger partial charge in [0, 0.05) is 55.7 Å². The highest BCUT2D eigenvalue weighted by atomic mass is 15.2. The number of para-hydroxylation sites is 2. The summed E-state index contributed by atoms with van der Waals surface area (Å²) in [5, 5.41) is 4.97. The number of pyridine rings is 1. The number of aromatic nitrogens is 5. The zero-order chi connectivity index (χ0) is 28.1. The standard InChI is InChI=1S/C28H36N6.C3H5N3/c1-19(2)24(29)18-33-15-12-23(13-16-33)31-28-32-26-20(3)7-4-11-25(26)34(28)17-22-9-5-8-21-10-6-14-30-27(21)22;4-3-5-1-2-6-3/h4-11,14,19,23-24H,12-13,15-18,29H2,1-3H3,(H,31,32);1-2H,(H3,4,5,6). The summed E-state index contributed by atoms with van der Waals surface area (Å²) >= 11 is 0. The number of nitrogen functional groups attached to an aromatic ring is 1. The lowest BCUT2D eigenvalue weighted by atomic mass is 10.0. The Kier molecular flexibility index (Phi) is 8.62. The lowest BCUT2D eigenvalue weighted by molar-refractivity contribution is 0.194. The van der Waals surface area contributed by atoms with E-state index >= 15 is 0 Å². The number of H-pyrrole nitrogens is 1. The zero-order valence-electron chi connectivity index (χ0n) is 23.7. The number of benzene rings is 2. The number of hydrogen-bond donors (Lipinski definition) is 4. The van der Waals surface area contributed by atoms with Crippen LogP contribution in [0.4, 0.5) is 11.9 Å². The largest absolute Gasteiger partial charge is 0.369 e. The molecular formula is C31H41N9. The monoisotopic (exact) mass is 539 g/mol. The maximum atomic E-state index is 6.32. The molecule has 1 aliphatic rings. The Morgan fingerprint density at radius 3 is 2.48 bits per heavy atom. The Morgan fingerprint density at radius 1 is 1.00 bits per heavy atom. The van der Waals surface area contributed by atoms with Crippen LogP contribution in [0.15, 0.2) is 67.1 Å². The van der Waals surface area contributed by atoms with E-state index < -0.39 is 0 Å². The van der Waals surface area contributed by atoms with E-state index in [0.29, 0.717) is 17.9 Å². The number of piperidine rings is 1. The molecule has 3 aromatic heterocycles. The van der Waals surface area contributed by atoms with E-state index in [4.69, 9.17) is 16.5 Å². The van der Waals surface area contributed by atoms with Crippen LogP contribution in [-0.4, -0.2) is 61.1 Å². The molecule has 1 fully saturated rings. The number of nitrogens with one attached hydrogen (secondary N) is 2. The van der Waals surface area contributed by atoms with Crippen molar-refractivity contribution in [1.29, 1.82) is 0 Å². The molecule has 9 nitrogen and oxygen atoms in total. The summed E-state index contributed by atoms with van der Waals surface area (Å²) < 4.78 is 2.33. The molecular weight excluding hydrogens is 498 g/mol. The van der Waals surface area contributed by atoms with Crippen LogP contribution < -0.4 is 16.8 Å². The summed E-state index contributed by atoms with van der Waals surface area (Å²) in [6.45, 7) is 10.4. The molecule has 0 spiro atoms. The van der Waals surface area contributed by atoms with Crippen LogP contribution in [0, 0.1) is 12.8 Å². The van der Waals surface area contributed by atoms with Gasteiger partial charge >= 0.3 is 0 Å². The van der Waals surface area contributed by atoms with Crippen molar-refractivity contribution >= 4 is 33.8 Å². The van der Waals surface area contributed by atoms with E-state index in [9.17, 15) is 0 Å². The van der Waals surface area contributed by atoms with E-state index in [0.717, 1.165) is 61.5 Å². The molecule has 40 heavy (non-hydrogen) atoms. The van der Waals surface area contributed by atoms with Crippen molar-refractivity contribution in [2.45, 2.75) is 52.2 Å². The maximum absolute atomic E-state index is 6.32. The first kappa shape index (κ1) is 27.6. The fraction of sp³-hybridized carbons (Fsp3) is 0.387. The number of fused-ring (bicyclic) bond motifs is 2. The van der Waals surface area contributed by atoms with Gasteiger partial charge in [0.1, 0.15) is 0 Å². The smallest absolute Gasteiger partial charge is 0.204 e. The molecule has 2 aromatic carbocycles. The van der Waals surface area contributed by atoms with Crippen molar-refractivity contribution in [3.63, 3.8) is 0 Å². The number of nitrogens with zero attached hydrogens (tertiary/aromatic N) is 5. The summed E-state index contributed by atoms with van der Waals surface area (Å²) in [6, 6.07) is 17.6. The van der Waals surface area contributed by atoms with Crippen molar-refractivity contribution in [1.82, 2.24) is 29.4 Å². The highest BCUT2D eigenvalue weighted by Crippen LogP contribution is 2.27. The third kappa shape index (κ3) is 6.43. The van der Waals surface area contributed by atoms with Gasteiger partial charge in [0.2, 0.25) is 5.95 Å². The Hall–Kier alpha value is -3.95. The van der Waals surface area contributed by atoms with Crippen molar-refractivity contribution < 1.29 is 0 Å². The van der Waals surface area contributed by atoms with Crippen LogP contribution in [0.25, 0.3) is 21.9 Å². The molecule has 1 saturated heterocycles. The van der Waals surface area contributed by atoms with Gasteiger partial charge in [-0.25, -0.2) is 9.97 Å². The molecule has 0 radical (unpaired) electrons. The zero-order valence-corrected chi connectivity index (χ0v) is 23.7. The number of likely N-dealkylation sites (tertiary alicyclic amines) is 1. The van der Waals surface area contributed by atoms with Crippen molar-refractivity contribution in [2.24, 2.45) is 11.7 Å². The normalized spacial score (nSPS) is 15.3. The van der Waals surface area contributed by atoms with E-state index in [1.165, 1.54) is 16.5 Å². The Morgan fingerprint density at radius 2 is 1.77 bits per heavy atom. The first-order valence-corrected chi connectivity index (χ1v) is 14.2. The van der Waals surface area contributed by atoms with Gasteiger partial charge in [-0.15, -0.1) is 0 Å². The molecule has 9 heteroatoms. The molecule has 0 amide bonds. The summed E-state index contributed by atoms with van der Waals surface area (Å²) in [5.74, 6) is 1.94. The third-order valence-corrected chi connectivity index (χ3v) is 7.79. The number of hydrogen-bond acceptors (Lipinski definition) is 7. The van der Waals surface area contributed by atoms with Crippen LogP contribution in [-0.2, 0) is 6.54 Å². The van der Waals surface area contributed by atoms with Gasteiger partial charge in [-0.3, -0.25) is 4.98 Å². The minimum absolute atomic E-state index is 0.242. The number of imidazole rings is 2. The van der Waals surface area contributed by atoms with Gasteiger partial charge in [0.05, 0.1) is 23.1 Å². The third-order valence-electron chi connectivity index (χ3n) is 7.79. The molecule has 0 saturated carbocycles. The van der Waals surface area contributed by atoms with Gasteiger partial charge in [0.25, 0.3) is 0 Å². The highest BCUT2D eigenvalue weighted by Gasteiger charge is 2.23. The van der Waals surface area contributed by atoms with Crippen LogP contribution >= 0.6 is 0 Å². The van der Waals surface area contributed by atoms with E-state index in [1.54, 1.807) is 12.4 Å². The van der Waals surface area contributed by atoms with Crippen LogP contribution in [0.1, 0.15) is 37.8 Å². The highest BCUT2D eigenvalue weighted by molar-refractivity contribution is 5.84. The average molecular weight is 540 g/mol. The molecule has 6 rings (SSSR count). The van der Waals surface area contributed by atoms with E-state index in [1.807, 2.05) is 12.3 Å². The molecule has 1 atom stereocenters. The number of aryl methyl sites for hydroxylation is 1. The Labute approximate surface area is 236 Å². The van der Waals surface area contributed by atoms with Gasteiger partial charge in [-0.1, -0.05) is 50.2 Å². The van der Waals surface area contributed by atoms with Crippen molar-refractivity contribution in [3.8, 4) is 0 Å². The summed E-state index contributed by atoms with van der Waals surface area (Å²) in [7, 11) is 0. The number of nitrogens with two attached hydrogens (primary N) is 2. The summed E-state index contributed by atoms with van der Waals surface area (Å²) in [5.41, 5.74) is 17.1. The molecule has 4 heterocycles. The van der Waals surface area contributed by atoms with E-state index in [-0.39, 0.29) is 6.04 Å². The van der Waals surface area contributed by atoms with Crippen LogP contribution in [0.5, 0.6) is 0 Å². The molecule has 5 aromatic rings. The van der Waals surface area contributed by atoms with Crippen LogP contribution in [0.3, 0.4) is 0 Å². The number of anilines is 2.